The van der Waals surface area contributed by atoms with Crippen LogP contribution in [-0.2, 0) is 13.2 Å². The van der Waals surface area contributed by atoms with Crippen LogP contribution in [0.2, 0.25) is 0 Å². The van der Waals surface area contributed by atoms with Gasteiger partial charge in [0.2, 0.25) is 0 Å². The van der Waals surface area contributed by atoms with E-state index in [1.807, 2.05) is 37.8 Å². The van der Waals surface area contributed by atoms with Crippen molar-refractivity contribution in [3.63, 3.8) is 0 Å². The summed E-state index contributed by atoms with van der Waals surface area (Å²) in [5.41, 5.74) is 2.30. The molecule has 3 rings (SSSR count). The highest BCUT2D eigenvalue weighted by Gasteiger charge is 2.17. The first-order chi connectivity index (χ1) is 12.0. The molecule has 1 amide bonds. The maximum Gasteiger partial charge on any atom is 0.272 e. The van der Waals surface area contributed by atoms with Gasteiger partial charge in [-0.3, -0.25) is 14.2 Å². The molecule has 3 heterocycles. The molecule has 9 heteroatoms. The number of carbonyl (C=O) groups is 1. The molecule has 1 atom stereocenters. The van der Waals surface area contributed by atoms with E-state index in [9.17, 15) is 4.79 Å². The molecule has 0 saturated carbocycles. The van der Waals surface area contributed by atoms with E-state index in [0.717, 1.165) is 22.3 Å². The molecule has 0 aliphatic rings. The molecule has 0 fully saturated rings. The van der Waals surface area contributed by atoms with Crippen LogP contribution in [0, 0.1) is 6.92 Å². The second kappa shape index (κ2) is 7.22. The average Bonchev–Trinajstić information content (AvgIpc) is 3.28. The number of aryl methyl sites for hydroxylation is 2. The first kappa shape index (κ1) is 17.4. The van der Waals surface area contributed by atoms with Gasteiger partial charge >= 0.3 is 0 Å². The molecule has 3 aromatic rings. The third-order valence-electron chi connectivity index (χ3n) is 3.89. The Hall–Kier alpha value is -2.42. The van der Waals surface area contributed by atoms with Crippen LogP contribution in [0.1, 0.15) is 41.6 Å². The fraction of sp³-hybridized carbons (Fsp3) is 0.375. The topological polar surface area (TPSA) is 82.6 Å². The van der Waals surface area contributed by atoms with E-state index in [1.54, 1.807) is 27.8 Å². The molecule has 0 spiro atoms. The van der Waals surface area contributed by atoms with Gasteiger partial charge in [0.1, 0.15) is 12.4 Å². The number of aromatic nitrogens is 6. The number of nitrogens with zero attached hydrogens (tertiary/aromatic N) is 6. The largest absolute Gasteiger partial charge is 0.344 e. The van der Waals surface area contributed by atoms with Crippen LogP contribution >= 0.6 is 15.9 Å². The van der Waals surface area contributed by atoms with E-state index in [2.05, 4.69) is 36.5 Å². The lowest BCUT2D eigenvalue weighted by Gasteiger charge is -2.12. The third kappa shape index (κ3) is 3.98. The first-order valence-corrected chi connectivity index (χ1v) is 8.81. The maximum atomic E-state index is 12.4. The van der Waals surface area contributed by atoms with Crippen molar-refractivity contribution in [3.8, 4) is 0 Å². The minimum atomic E-state index is -0.212. The molecular weight excluding hydrogens is 386 g/mol. The summed E-state index contributed by atoms with van der Waals surface area (Å²) >= 11 is 3.35. The smallest absolute Gasteiger partial charge is 0.272 e. The summed E-state index contributed by atoms with van der Waals surface area (Å²) in [5, 5.41) is 15.9. The zero-order chi connectivity index (χ0) is 18.0. The second-order valence-corrected chi connectivity index (χ2v) is 6.72. The maximum absolute atomic E-state index is 12.4. The zero-order valence-electron chi connectivity index (χ0n) is 14.3. The number of amides is 1. The van der Waals surface area contributed by atoms with Gasteiger partial charge < -0.3 is 5.32 Å². The Morgan fingerprint density at radius 3 is 2.72 bits per heavy atom. The van der Waals surface area contributed by atoms with Crippen LogP contribution in [0.25, 0.3) is 0 Å². The summed E-state index contributed by atoms with van der Waals surface area (Å²) in [6, 6.07) is 1.56. The SMILES string of the molecule is CCn1cc(C(C)NC(=O)c2ccn(Cn3cc(Br)cn3)n2)c(C)n1. The standard InChI is InChI=1S/C16H20BrN7O/c1-4-22-9-14(12(3)20-22)11(2)19-16(25)15-5-6-23(21-15)10-24-8-13(17)7-18-24/h5-9,11H,4,10H2,1-3H3,(H,19,25). The highest BCUT2D eigenvalue weighted by atomic mass is 79.9. The quantitative estimate of drug-likeness (QED) is 0.682. The molecule has 25 heavy (non-hydrogen) atoms. The number of hydrogen-bond donors (Lipinski definition) is 1. The number of rotatable bonds is 6. The van der Waals surface area contributed by atoms with Gasteiger partial charge in [0, 0.05) is 30.7 Å². The normalized spacial score (nSPS) is 12.3. The Kier molecular flexibility index (Phi) is 5.03. The van der Waals surface area contributed by atoms with Crippen molar-refractivity contribution in [2.75, 3.05) is 0 Å². The van der Waals surface area contributed by atoms with Crippen molar-refractivity contribution in [2.45, 2.75) is 40.0 Å². The number of carbonyl (C=O) groups excluding carboxylic acids is 1. The highest BCUT2D eigenvalue weighted by molar-refractivity contribution is 9.10. The van der Waals surface area contributed by atoms with Crippen molar-refractivity contribution < 1.29 is 4.79 Å². The molecule has 0 aromatic carbocycles. The van der Waals surface area contributed by atoms with Gasteiger partial charge in [-0.1, -0.05) is 0 Å². The molecule has 1 N–H and O–H groups in total. The van der Waals surface area contributed by atoms with E-state index in [1.165, 1.54) is 0 Å². The van der Waals surface area contributed by atoms with Gasteiger partial charge in [-0.2, -0.15) is 15.3 Å². The Morgan fingerprint density at radius 1 is 1.28 bits per heavy atom. The highest BCUT2D eigenvalue weighted by Crippen LogP contribution is 2.16. The van der Waals surface area contributed by atoms with Gasteiger partial charge in [-0.15, -0.1) is 0 Å². The average molecular weight is 406 g/mol. The van der Waals surface area contributed by atoms with E-state index < -0.39 is 0 Å². The fourth-order valence-electron chi connectivity index (χ4n) is 2.59. The molecule has 1 unspecified atom stereocenters. The summed E-state index contributed by atoms with van der Waals surface area (Å²) in [7, 11) is 0. The van der Waals surface area contributed by atoms with Crippen LogP contribution < -0.4 is 5.32 Å². The summed E-state index contributed by atoms with van der Waals surface area (Å²) in [6.45, 7) is 7.16. The molecule has 0 bridgehead atoms. The van der Waals surface area contributed by atoms with Crippen LogP contribution in [0.3, 0.4) is 0 Å². The summed E-state index contributed by atoms with van der Waals surface area (Å²) < 4.78 is 6.16. The van der Waals surface area contributed by atoms with E-state index in [-0.39, 0.29) is 11.9 Å². The van der Waals surface area contributed by atoms with E-state index in [0.29, 0.717) is 12.4 Å². The van der Waals surface area contributed by atoms with Gasteiger partial charge in [-0.05, 0) is 42.8 Å². The summed E-state index contributed by atoms with van der Waals surface area (Å²) in [5.74, 6) is -0.212. The van der Waals surface area contributed by atoms with Crippen LogP contribution in [0.5, 0.6) is 0 Å². The van der Waals surface area contributed by atoms with Gasteiger partial charge in [-0.25, -0.2) is 4.68 Å². The zero-order valence-corrected chi connectivity index (χ0v) is 15.9. The van der Waals surface area contributed by atoms with Crippen molar-refractivity contribution in [1.29, 1.82) is 0 Å². The third-order valence-corrected chi connectivity index (χ3v) is 4.30. The Morgan fingerprint density at radius 2 is 2.08 bits per heavy atom. The molecule has 8 nitrogen and oxygen atoms in total. The predicted octanol–water partition coefficient (Wildman–Crippen LogP) is 2.36. The van der Waals surface area contributed by atoms with Crippen molar-refractivity contribution in [2.24, 2.45) is 0 Å². The molecule has 0 radical (unpaired) electrons. The van der Waals surface area contributed by atoms with Gasteiger partial charge in [0.05, 0.1) is 22.4 Å². The lowest BCUT2D eigenvalue weighted by Crippen LogP contribution is -2.27. The summed E-state index contributed by atoms with van der Waals surface area (Å²) in [6.07, 6.45) is 7.28. The van der Waals surface area contributed by atoms with Gasteiger partial charge in [0.25, 0.3) is 5.91 Å². The van der Waals surface area contributed by atoms with Crippen molar-refractivity contribution in [3.05, 3.63) is 52.3 Å². The number of nitrogens with one attached hydrogen (secondary N) is 1. The van der Waals surface area contributed by atoms with Crippen LogP contribution in [0.4, 0.5) is 0 Å². The molecule has 0 aliphatic heterocycles. The van der Waals surface area contributed by atoms with Crippen LogP contribution in [0.15, 0.2) is 35.3 Å². The Labute approximate surface area is 154 Å². The van der Waals surface area contributed by atoms with E-state index in [4.69, 9.17) is 0 Å². The van der Waals surface area contributed by atoms with Crippen LogP contribution in [-0.4, -0.2) is 35.2 Å². The Balaban J connectivity index is 1.65. The molecule has 132 valence electrons. The second-order valence-electron chi connectivity index (χ2n) is 5.80. The molecule has 0 saturated heterocycles. The number of hydrogen-bond acceptors (Lipinski definition) is 4. The summed E-state index contributed by atoms with van der Waals surface area (Å²) in [4.78, 5) is 12.4. The van der Waals surface area contributed by atoms with Gasteiger partial charge in [0.15, 0.2) is 0 Å². The minimum Gasteiger partial charge on any atom is -0.344 e. The van der Waals surface area contributed by atoms with E-state index >= 15 is 0 Å². The molecule has 3 aromatic heterocycles. The van der Waals surface area contributed by atoms with Crippen molar-refractivity contribution >= 4 is 21.8 Å². The first-order valence-electron chi connectivity index (χ1n) is 8.02. The molecule has 0 aliphatic carbocycles. The number of halogens is 1. The fourth-order valence-corrected chi connectivity index (χ4v) is 2.92. The lowest BCUT2D eigenvalue weighted by molar-refractivity contribution is 0.0933. The Bertz CT molecular complexity index is 879. The predicted molar refractivity (Wildman–Crippen MR) is 96.1 cm³/mol. The minimum absolute atomic E-state index is 0.139. The molecular formula is C16H20BrN7O. The monoisotopic (exact) mass is 405 g/mol. The van der Waals surface area contributed by atoms with Crippen molar-refractivity contribution in [1.82, 2.24) is 34.7 Å². The lowest BCUT2D eigenvalue weighted by atomic mass is 10.1.